The van der Waals surface area contributed by atoms with E-state index in [4.69, 9.17) is 0 Å². The van der Waals surface area contributed by atoms with Gasteiger partial charge in [0, 0.05) is 25.9 Å². The Labute approximate surface area is 101 Å². The van der Waals surface area contributed by atoms with Crippen molar-refractivity contribution in [2.24, 2.45) is 5.10 Å². The van der Waals surface area contributed by atoms with Crippen molar-refractivity contribution in [2.45, 2.75) is 45.1 Å². The van der Waals surface area contributed by atoms with Gasteiger partial charge in [-0.05, 0) is 19.3 Å². The summed E-state index contributed by atoms with van der Waals surface area (Å²) in [4.78, 5) is 25.5. The van der Waals surface area contributed by atoms with Crippen molar-refractivity contribution in [1.82, 2.24) is 10.3 Å². The van der Waals surface area contributed by atoms with Crippen LogP contribution < -0.4 is 5.43 Å². The van der Waals surface area contributed by atoms with Crippen LogP contribution in [-0.4, -0.2) is 41.4 Å². The number of nitrogens with zero attached hydrogens (tertiary/aromatic N) is 2. The number of amides is 1. The van der Waals surface area contributed by atoms with Gasteiger partial charge in [0.2, 0.25) is 5.91 Å². The van der Waals surface area contributed by atoms with Gasteiger partial charge < -0.3 is 4.90 Å². The van der Waals surface area contributed by atoms with Crippen LogP contribution in [0, 0.1) is 0 Å². The number of nitrogens with one attached hydrogen (secondary N) is 1. The number of hydrogen-bond donors (Lipinski definition) is 1. The third-order valence-corrected chi connectivity index (χ3v) is 3.36. The zero-order valence-electron chi connectivity index (χ0n) is 10.2. The molecule has 1 saturated heterocycles. The summed E-state index contributed by atoms with van der Waals surface area (Å²) in [6.07, 6.45) is 4.27. The second-order valence-electron chi connectivity index (χ2n) is 4.61. The maximum absolute atomic E-state index is 12.1. The number of piperidine rings is 1. The second-order valence-corrected chi connectivity index (χ2v) is 4.61. The SMILES string of the molecule is CCC(=O)C1=NNC(C(=O)N2CCCCC2)C1. The molecule has 1 unspecified atom stereocenters. The summed E-state index contributed by atoms with van der Waals surface area (Å²) in [5.41, 5.74) is 3.31. The lowest BCUT2D eigenvalue weighted by atomic mass is 10.0. The molecule has 2 aliphatic rings. The first kappa shape index (κ1) is 12.1. The standard InChI is InChI=1S/C12H19N3O2/c1-2-11(16)9-8-10(14-13-9)12(17)15-6-4-3-5-7-15/h10,14H,2-8H2,1H3. The highest BCUT2D eigenvalue weighted by atomic mass is 16.2. The molecule has 2 rings (SSSR count). The lowest BCUT2D eigenvalue weighted by Crippen LogP contribution is -2.45. The van der Waals surface area contributed by atoms with E-state index in [9.17, 15) is 9.59 Å². The van der Waals surface area contributed by atoms with Gasteiger partial charge in [0.05, 0.1) is 0 Å². The van der Waals surface area contributed by atoms with E-state index in [2.05, 4.69) is 10.5 Å². The summed E-state index contributed by atoms with van der Waals surface area (Å²) >= 11 is 0. The molecule has 0 aromatic heterocycles. The fourth-order valence-corrected chi connectivity index (χ4v) is 2.30. The van der Waals surface area contributed by atoms with Crippen LogP contribution in [0.5, 0.6) is 0 Å². The minimum Gasteiger partial charge on any atom is -0.341 e. The number of Topliss-reactive ketones (excluding diaryl/α,β-unsaturated/α-hetero) is 1. The van der Waals surface area contributed by atoms with Gasteiger partial charge in [-0.25, -0.2) is 0 Å². The summed E-state index contributed by atoms with van der Waals surface area (Å²) in [5.74, 6) is 0.124. The number of likely N-dealkylation sites (tertiary alicyclic amines) is 1. The number of rotatable bonds is 3. The number of carbonyl (C=O) groups is 2. The largest absolute Gasteiger partial charge is 0.341 e. The molecule has 5 heteroatoms. The first-order valence-corrected chi connectivity index (χ1v) is 6.36. The summed E-state index contributed by atoms with van der Waals surface area (Å²) in [6.45, 7) is 3.49. The van der Waals surface area contributed by atoms with E-state index in [0.29, 0.717) is 18.6 Å². The molecule has 1 amide bonds. The minimum atomic E-state index is -0.321. The van der Waals surface area contributed by atoms with E-state index in [0.717, 1.165) is 25.9 Å². The molecule has 0 aromatic rings. The van der Waals surface area contributed by atoms with Crippen LogP contribution in [0.2, 0.25) is 0 Å². The summed E-state index contributed by atoms with van der Waals surface area (Å²) in [7, 11) is 0. The zero-order valence-corrected chi connectivity index (χ0v) is 10.2. The average molecular weight is 237 g/mol. The second kappa shape index (κ2) is 5.29. The van der Waals surface area contributed by atoms with Crippen molar-refractivity contribution in [2.75, 3.05) is 13.1 Å². The van der Waals surface area contributed by atoms with Crippen LogP contribution in [0.1, 0.15) is 39.0 Å². The molecule has 1 N–H and O–H groups in total. The third-order valence-electron chi connectivity index (χ3n) is 3.36. The number of carbonyl (C=O) groups excluding carboxylic acids is 2. The quantitative estimate of drug-likeness (QED) is 0.785. The van der Waals surface area contributed by atoms with Gasteiger partial charge in [0.15, 0.2) is 5.78 Å². The Bertz CT molecular complexity index is 346. The molecule has 17 heavy (non-hydrogen) atoms. The molecule has 94 valence electrons. The normalized spacial score (nSPS) is 24.2. The molecule has 0 saturated carbocycles. The first-order valence-electron chi connectivity index (χ1n) is 6.36. The fourth-order valence-electron chi connectivity index (χ4n) is 2.30. The summed E-state index contributed by atoms with van der Waals surface area (Å²) < 4.78 is 0. The van der Waals surface area contributed by atoms with Crippen molar-refractivity contribution in [3.8, 4) is 0 Å². The van der Waals surface area contributed by atoms with Crippen LogP contribution in [0.3, 0.4) is 0 Å². The van der Waals surface area contributed by atoms with Crippen LogP contribution in [-0.2, 0) is 9.59 Å². The van der Waals surface area contributed by atoms with E-state index in [1.807, 2.05) is 11.8 Å². The predicted molar refractivity (Wildman–Crippen MR) is 64.7 cm³/mol. The average Bonchev–Trinajstić information content (AvgIpc) is 2.87. The molecular formula is C12H19N3O2. The van der Waals surface area contributed by atoms with E-state index in [1.165, 1.54) is 6.42 Å². The van der Waals surface area contributed by atoms with Gasteiger partial charge in [0.25, 0.3) is 0 Å². The number of hydrogen-bond acceptors (Lipinski definition) is 4. The highest BCUT2D eigenvalue weighted by Gasteiger charge is 2.31. The van der Waals surface area contributed by atoms with E-state index >= 15 is 0 Å². The maximum atomic E-state index is 12.1. The third kappa shape index (κ3) is 2.65. The van der Waals surface area contributed by atoms with Crippen molar-refractivity contribution >= 4 is 17.4 Å². The van der Waals surface area contributed by atoms with Gasteiger partial charge in [0.1, 0.15) is 11.8 Å². The molecule has 2 heterocycles. The van der Waals surface area contributed by atoms with Crippen LogP contribution in [0.15, 0.2) is 5.10 Å². The molecule has 0 spiro atoms. The molecule has 0 bridgehead atoms. The molecule has 5 nitrogen and oxygen atoms in total. The highest BCUT2D eigenvalue weighted by molar-refractivity contribution is 6.40. The smallest absolute Gasteiger partial charge is 0.247 e. The zero-order chi connectivity index (χ0) is 12.3. The van der Waals surface area contributed by atoms with Crippen molar-refractivity contribution in [3.05, 3.63) is 0 Å². The minimum absolute atomic E-state index is 0.0337. The Morgan fingerprint density at radius 1 is 1.35 bits per heavy atom. The van der Waals surface area contributed by atoms with Crippen LogP contribution >= 0.6 is 0 Å². The fraction of sp³-hybridized carbons (Fsp3) is 0.750. The van der Waals surface area contributed by atoms with Crippen molar-refractivity contribution in [1.29, 1.82) is 0 Å². The summed E-state index contributed by atoms with van der Waals surface area (Å²) in [6, 6.07) is -0.321. The van der Waals surface area contributed by atoms with E-state index in [-0.39, 0.29) is 17.7 Å². The Balaban J connectivity index is 1.89. The van der Waals surface area contributed by atoms with E-state index < -0.39 is 0 Å². The monoisotopic (exact) mass is 237 g/mol. The van der Waals surface area contributed by atoms with Gasteiger partial charge in [-0.2, -0.15) is 5.10 Å². The number of ketones is 1. The molecule has 1 atom stereocenters. The van der Waals surface area contributed by atoms with Gasteiger partial charge >= 0.3 is 0 Å². The Morgan fingerprint density at radius 3 is 2.71 bits per heavy atom. The molecule has 0 aromatic carbocycles. The molecule has 0 radical (unpaired) electrons. The number of hydrazone groups is 1. The first-order chi connectivity index (χ1) is 8.22. The van der Waals surface area contributed by atoms with Crippen LogP contribution in [0.4, 0.5) is 0 Å². The van der Waals surface area contributed by atoms with Gasteiger partial charge in [-0.3, -0.25) is 15.0 Å². The molecule has 1 fully saturated rings. The van der Waals surface area contributed by atoms with Crippen LogP contribution in [0.25, 0.3) is 0 Å². The lowest BCUT2D eigenvalue weighted by molar-refractivity contribution is -0.133. The molecular weight excluding hydrogens is 218 g/mol. The van der Waals surface area contributed by atoms with E-state index in [1.54, 1.807) is 0 Å². The predicted octanol–water partition coefficient (Wildman–Crippen LogP) is 0.696. The van der Waals surface area contributed by atoms with Crippen molar-refractivity contribution in [3.63, 3.8) is 0 Å². The highest BCUT2D eigenvalue weighted by Crippen LogP contribution is 2.14. The lowest BCUT2D eigenvalue weighted by Gasteiger charge is -2.28. The van der Waals surface area contributed by atoms with Gasteiger partial charge in [-0.1, -0.05) is 6.92 Å². The topological polar surface area (TPSA) is 61.8 Å². The Hall–Kier alpha value is -1.39. The van der Waals surface area contributed by atoms with Gasteiger partial charge in [-0.15, -0.1) is 0 Å². The molecule has 0 aliphatic carbocycles. The van der Waals surface area contributed by atoms with Crippen molar-refractivity contribution < 1.29 is 9.59 Å². The maximum Gasteiger partial charge on any atom is 0.247 e. The molecule has 2 aliphatic heterocycles. The Kier molecular flexibility index (Phi) is 3.76. The Morgan fingerprint density at radius 2 is 2.06 bits per heavy atom. The summed E-state index contributed by atoms with van der Waals surface area (Å²) in [5, 5.41) is 3.97.